The molecule has 11 heteroatoms. The minimum atomic E-state index is -4.60. The van der Waals surface area contributed by atoms with Crippen molar-refractivity contribution < 1.29 is 18.0 Å². The molecule has 0 aliphatic carbocycles. The quantitative estimate of drug-likeness (QED) is 0.474. The molecule has 0 unspecified atom stereocenters. The third kappa shape index (κ3) is 4.44. The van der Waals surface area contributed by atoms with Crippen LogP contribution in [-0.4, -0.2) is 32.6 Å². The first-order valence-electron chi connectivity index (χ1n) is 9.59. The summed E-state index contributed by atoms with van der Waals surface area (Å²) in [5, 5.41) is 15.4. The van der Waals surface area contributed by atoms with Crippen LogP contribution >= 0.6 is 0 Å². The van der Waals surface area contributed by atoms with E-state index >= 15 is 0 Å². The van der Waals surface area contributed by atoms with Crippen molar-refractivity contribution in [3.63, 3.8) is 0 Å². The van der Waals surface area contributed by atoms with Crippen LogP contribution in [0, 0.1) is 13.8 Å². The Hall–Kier alpha value is -3.63. The van der Waals surface area contributed by atoms with Crippen molar-refractivity contribution in [3.8, 4) is 0 Å². The summed E-state index contributed by atoms with van der Waals surface area (Å²) in [5.41, 5.74) is 3.79. The molecular weight excluding hydrogens is 411 g/mol. The van der Waals surface area contributed by atoms with Gasteiger partial charge in [0.15, 0.2) is 0 Å². The lowest BCUT2D eigenvalue weighted by molar-refractivity contribution is -0.137. The zero-order valence-corrected chi connectivity index (χ0v) is 16.8. The van der Waals surface area contributed by atoms with Crippen molar-refractivity contribution in [1.29, 1.82) is 0 Å². The molecule has 4 N–H and O–H groups in total. The predicted octanol–water partition coefficient (Wildman–Crippen LogP) is 3.73. The molecule has 31 heavy (non-hydrogen) atoms. The number of fused-ring (bicyclic) bond motifs is 1. The fraction of sp³-hybridized carbons (Fsp3) is 0.300. The molecule has 0 saturated carbocycles. The Kier molecular flexibility index (Phi) is 5.25. The molecule has 0 spiro atoms. The Morgan fingerprint density at radius 2 is 2.03 bits per heavy atom. The number of alkyl halides is 3. The van der Waals surface area contributed by atoms with E-state index in [0.29, 0.717) is 12.1 Å². The second-order valence-corrected chi connectivity index (χ2v) is 7.26. The highest BCUT2D eigenvalue weighted by molar-refractivity contribution is 5.99. The highest BCUT2D eigenvalue weighted by atomic mass is 19.4. The molecule has 0 atom stereocenters. The van der Waals surface area contributed by atoms with Gasteiger partial charge in [0, 0.05) is 29.8 Å². The van der Waals surface area contributed by atoms with E-state index in [1.54, 1.807) is 18.2 Å². The third-order valence-electron chi connectivity index (χ3n) is 5.03. The molecule has 3 heterocycles. The summed E-state index contributed by atoms with van der Waals surface area (Å²) in [4.78, 5) is 19.4. The monoisotopic (exact) mass is 431 g/mol. The topological polar surface area (TPSA) is 108 Å². The summed E-state index contributed by atoms with van der Waals surface area (Å²) < 4.78 is 40.3. The molecule has 0 saturated heterocycles. The summed E-state index contributed by atoms with van der Waals surface area (Å²) >= 11 is 0. The molecule has 1 aromatic carbocycles. The Labute approximate surface area is 175 Å². The van der Waals surface area contributed by atoms with Gasteiger partial charge in [0.25, 0.3) is 0 Å². The van der Waals surface area contributed by atoms with Gasteiger partial charge in [-0.05, 0) is 49.6 Å². The van der Waals surface area contributed by atoms with Crippen molar-refractivity contribution in [2.45, 2.75) is 32.9 Å². The summed E-state index contributed by atoms with van der Waals surface area (Å²) in [6, 6.07) is 5.16. The van der Waals surface area contributed by atoms with Crippen molar-refractivity contribution in [2.75, 3.05) is 22.5 Å². The van der Waals surface area contributed by atoms with Crippen LogP contribution in [0.15, 0.2) is 24.4 Å². The number of H-pyrrole nitrogens is 1. The summed E-state index contributed by atoms with van der Waals surface area (Å²) in [7, 11) is 0. The Morgan fingerprint density at radius 3 is 2.74 bits per heavy atom. The van der Waals surface area contributed by atoms with Gasteiger partial charge >= 0.3 is 6.18 Å². The second-order valence-electron chi connectivity index (χ2n) is 7.26. The molecule has 1 aliphatic rings. The van der Waals surface area contributed by atoms with Crippen molar-refractivity contribution in [1.82, 2.24) is 20.2 Å². The highest BCUT2D eigenvalue weighted by Gasteiger charge is 2.35. The molecular formula is C20H20F3N7O. The van der Waals surface area contributed by atoms with E-state index in [4.69, 9.17) is 0 Å². The molecule has 1 aliphatic heterocycles. The molecule has 8 nitrogen and oxygen atoms in total. The van der Waals surface area contributed by atoms with Gasteiger partial charge in [0.05, 0.1) is 12.1 Å². The normalized spacial score (nSPS) is 13.1. The number of rotatable bonds is 6. The van der Waals surface area contributed by atoms with E-state index in [1.807, 2.05) is 13.8 Å². The maximum Gasteiger partial charge on any atom is 0.421 e. The van der Waals surface area contributed by atoms with Crippen molar-refractivity contribution >= 4 is 29.0 Å². The zero-order chi connectivity index (χ0) is 22.2. The van der Waals surface area contributed by atoms with Crippen molar-refractivity contribution in [2.24, 2.45) is 0 Å². The molecule has 0 bridgehead atoms. The first-order valence-corrected chi connectivity index (χ1v) is 9.59. The molecule has 1 amide bonds. The number of aromatic amines is 1. The number of hydrogen-bond donors (Lipinski definition) is 4. The van der Waals surface area contributed by atoms with Crippen LogP contribution in [0.5, 0.6) is 0 Å². The first kappa shape index (κ1) is 20.6. The number of aromatic nitrogens is 4. The van der Waals surface area contributed by atoms with Crippen LogP contribution in [0.2, 0.25) is 0 Å². The number of benzene rings is 1. The minimum Gasteiger partial charge on any atom is -0.369 e. The van der Waals surface area contributed by atoms with Crippen LogP contribution < -0.4 is 16.0 Å². The minimum absolute atomic E-state index is 0.0170. The number of amides is 1. The van der Waals surface area contributed by atoms with Gasteiger partial charge < -0.3 is 16.0 Å². The fourth-order valence-corrected chi connectivity index (χ4v) is 3.47. The Balaban J connectivity index is 1.53. The largest absolute Gasteiger partial charge is 0.421 e. The molecule has 0 radical (unpaired) electrons. The maximum absolute atomic E-state index is 13.4. The van der Waals surface area contributed by atoms with Gasteiger partial charge in [-0.3, -0.25) is 9.89 Å². The Morgan fingerprint density at radius 1 is 1.23 bits per heavy atom. The van der Waals surface area contributed by atoms with Crippen LogP contribution in [0.1, 0.15) is 28.1 Å². The summed E-state index contributed by atoms with van der Waals surface area (Å²) in [6.07, 6.45) is -3.10. The molecule has 162 valence electrons. The van der Waals surface area contributed by atoms with Crippen LogP contribution in [0.25, 0.3) is 0 Å². The number of carbonyl (C=O) groups is 1. The summed E-state index contributed by atoms with van der Waals surface area (Å²) in [6.45, 7) is 3.95. The number of aryl methyl sites for hydroxylation is 2. The van der Waals surface area contributed by atoms with Crippen LogP contribution in [0.4, 0.5) is 36.3 Å². The highest BCUT2D eigenvalue weighted by Crippen LogP contribution is 2.34. The predicted molar refractivity (Wildman–Crippen MR) is 109 cm³/mol. The van der Waals surface area contributed by atoms with Gasteiger partial charge in [-0.1, -0.05) is 0 Å². The summed E-state index contributed by atoms with van der Waals surface area (Å²) in [5.74, 6) is -0.391. The third-order valence-corrected chi connectivity index (χ3v) is 5.03. The van der Waals surface area contributed by atoms with Gasteiger partial charge in [-0.15, -0.1) is 0 Å². The molecule has 2 aromatic heterocycles. The number of anilines is 4. The number of nitrogens with one attached hydrogen (secondary N) is 4. The van der Waals surface area contributed by atoms with Crippen LogP contribution in [0.3, 0.4) is 0 Å². The SMILES string of the molecule is Cc1n[nH]c(C)c1CCNc1nc(Nc2ccc3c(c2)CC(=O)N3)ncc1C(F)(F)F. The van der Waals surface area contributed by atoms with E-state index < -0.39 is 11.7 Å². The number of halogens is 3. The lowest BCUT2D eigenvalue weighted by atomic mass is 10.1. The second kappa shape index (κ2) is 7.89. The number of nitrogens with zero attached hydrogens (tertiary/aromatic N) is 3. The van der Waals surface area contributed by atoms with Gasteiger partial charge in [0.1, 0.15) is 11.4 Å². The standard InChI is InChI=1S/C20H20F3N7O/c1-10-14(11(2)30-29-10)5-6-24-18-15(20(21,22)23)9-25-19(28-18)26-13-3-4-16-12(7-13)8-17(31)27-16/h3-4,7,9H,5-6,8H2,1-2H3,(H,27,31)(H,29,30)(H2,24,25,26,28). The van der Waals surface area contributed by atoms with E-state index in [0.717, 1.165) is 34.4 Å². The van der Waals surface area contributed by atoms with E-state index in [2.05, 4.69) is 36.1 Å². The lowest BCUT2D eigenvalue weighted by Crippen LogP contribution is -2.16. The number of carbonyl (C=O) groups excluding carboxylic acids is 1. The number of hydrogen-bond acceptors (Lipinski definition) is 6. The van der Waals surface area contributed by atoms with Gasteiger partial charge in [0.2, 0.25) is 11.9 Å². The maximum atomic E-state index is 13.4. The first-order chi connectivity index (χ1) is 14.7. The average Bonchev–Trinajstić information content (AvgIpc) is 3.22. The van der Waals surface area contributed by atoms with E-state index in [1.165, 1.54) is 0 Å². The van der Waals surface area contributed by atoms with E-state index in [9.17, 15) is 18.0 Å². The fourth-order valence-electron chi connectivity index (χ4n) is 3.47. The average molecular weight is 431 g/mol. The van der Waals surface area contributed by atoms with Gasteiger partial charge in [-0.2, -0.15) is 23.3 Å². The Bertz CT molecular complexity index is 1120. The molecule has 3 aromatic rings. The van der Waals surface area contributed by atoms with E-state index in [-0.39, 0.29) is 30.6 Å². The van der Waals surface area contributed by atoms with Crippen molar-refractivity contribution in [3.05, 3.63) is 52.5 Å². The van der Waals surface area contributed by atoms with Gasteiger partial charge in [-0.25, -0.2) is 4.98 Å². The zero-order valence-electron chi connectivity index (χ0n) is 16.8. The van der Waals surface area contributed by atoms with Crippen LogP contribution in [-0.2, 0) is 23.8 Å². The lowest BCUT2D eigenvalue weighted by Gasteiger charge is -2.15. The smallest absolute Gasteiger partial charge is 0.369 e. The molecule has 0 fully saturated rings. The molecule has 4 rings (SSSR count).